The predicted molar refractivity (Wildman–Crippen MR) is 54.1 cm³/mol. The summed E-state index contributed by atoms with van der Waals surface area (Å²) in [6.07, 6.45) is 2.83. The zero-order chi connectivity index (χ0) is 10.6. The molecule has 3 nitrogen and oxygen atoms in total. The predicted octanol–water partition coefficient (Wildman–Crippen LogP) is 1.53. The monoisotopic (exact) mass is 200 g/mol. The fourth-order valence-electron chi connectivity index (χ4n) is 1.69. The van der Waals surface area contributed by atoms with E-state index >= 15 is 0 Å². The van der Waals surface area contributed by atoms with Gasteiger partial charge in [0.15, 0.2) is 5.78 Å². The number of Topliss-reactive ketones (excluding diaryl/α,β-unsaturated/α-hetero) is 1. The maximum Gasteiger partial charge on any atom is 0.161 e. The van der Waals surface area contributed by atoms with Gasteiger partial charge in [0.1, 0.15) is 6.10 Å². The number of carbonyl (C=O) groups excluding carboxylic acids is 1. The van der Waals surface area contributed by atoms with Crippen LogP contribution >= 0.6 is 0 Å². The van der Waals surface area contributed by atoms with E-state index in [0.717, 1.165) is 25.9 Å². The number of aliphatic hydroxyl groups is 1. The van der Waals surface area contributed by atoms with Gasteiger partial charge in [0.05, 0.1) is 6.10 Å². The SMILES string of the molecule is CC(C)C(O)C(=O)CCC1CCCO1. The van der Waals surface area contributed by atoms with Gasteiger partial charge in [-0.05, 0) is 25.2 Å². The lowest BCUT2D eigenvalue weighted by molar-refractivity contribution is -0.129. The van der Waals surface area contributed by atoms with E-state index in [-0.39, 0.29) is 17.8 Å². The van der Waals surface area contributed by atoms with Crippen molar-refractivity contribution in [1.82, 2.24) is 0 Å². The molecule has 1 aliphatic heterocycles. The Hall–Kier alpha value is -0.410. The highest BCUT2D eigenvalue weighted by Crippen LogP contribution is 2.18. The molecule has 1 aliphatic rings. The van der Waals surface area contributed by atoms with Crippen molar-refractivity contribution in [2.45, 2.75) is 51.7 Å². The Morgan fingerprint density at radius 1 is 1.57 bits per heavy atom. The Morgan fingerprint density at radius 3 is 2.79 bits per heavy atom. The molecule has 0 aromatic heterocycles. The van der Waals surface area contributed by atoms with Gasteiger partial charge in [-0.1, -0.05) is 13.8 Å². The van der Waals surface area contributed by atoms with Crippen molar-refractivity contribution in [1.29, 1.82) is 0 Å². The molecule has 82 valence electrons. The Labute approximate surface area is 85.5 Å². The minimum atomic E-state index is -0.795. The van der Waals surface area contributed by atoms with Gasteiger partial charge in [0, 0.05) is 13.0 Å². The van der Waals surface area contributed by atoms with Crippen molar-refractivity contribution < 1.29 is 14.6 Å². The summed E-state index contributed by atoms with van der Waals surface area (Å²) in [6.45, 7) is 4.54. The molecule has 2 atom stereocenters. The fourth-order valence-corrected chi connectivity index (χ4v) is 1.69. The normalized spacial score (nSPS) is 24.1. The van der Waals surface area contributed by atoms with Gasteiger partial charge in [-0.25, -0.2) is 0 Å². The molecular formula is C11H20O3. The van der Waals surface area contributed by atoms with Gasteiger partial charge in [-0.3, -0.25) is 4.79 Å². The Kier molecular flexibility index (Phi) is 4.55. The zero-order valence-electron chi connectivity index (χ0n) is 9.03. The number of aliphatic hydroxyl groups excluding tert-OH is 1. The number of hydrogen-bond donors (Lipinski definition) is 1. The van der Waals surface area contributed by atoms with Crippen molar-refractivity contribution in [3.63, 3.8) is 0 Å². The van der Waals surface area contributed by atoms with Crippen LogP contribution in [0.4, 0.5) is 0 Å². The molecule has 0 saturated carbocycles. The maximum absolute atomic E-state index is 11.4. The summed E-state index contributed by atoms with van der Waals surface area (Å²) in [7, 11) is 0. The third kappa shape index (κ3) is 3.39. The molecule has 0 aromatic carbocycles. The molecule has 2 unspecified atom stereocenters. The first-order chi connectivity index (χ1) is 6.61. The van der Waals surface area contributed by atoms with E-state index in [4.69, 9.17) is 4.74 Å². The fraction of sp³-hybridized carbons (Fsp3) is 0.909. The zero-order valence-corrected chi connectivity index (χ0v) is 9.03. The molecule has 0 amide bonds. The summed E-state index contributed by atoms with van der Waals surface area (Å²) >= 11 is 0. The first-order valence-electron chi connectivity index (χ1n) is 5.43. The molecule has 0 bridgehead atoms. The molecule has 1 saturated heterocycles. The van der Waals surface area contributed by atoms with Crippen LogP contribution in [0.25, 0.3) is 0 Å². The average Bonchev–Trinajstić information content (AvgIpc) is 2.65. The Bertz CT molecular complexity index is 183. The molecule has 14 heavy (non-hydrogen) atoms. The van der Waals surface area contributed by atoms with Crippen molar-refractivity contribution in [2.75, 3.05) is 6.61 Å². The van der Waals surface area contributed by atoms with Crippen LogP contribution in [0.15, 0.2) is 0 Å². The van der Waals surface area contributed by atoms with Crippen LogP contribution in [-0.4, -0.2) is 29.7 Å². The smallest absolute Gasteiger partial charge is 0.161 e. The highest BCUT2D eigenvalue weighted by Gasteiger charge is 2.21. The van der Waals surface area contributed by atoms with Gasteiger partial charge in [0.2, 0.25) is 0 Å². The Morgan fingerprint density at radius 2 is 2.29 bits per heavy atom. The van der Waals surface area contributed by atoms with E-state index in [1.165, 1.54) is 0 Å². The van der Waals surface area contributed by atoms with Gasteiger partial charge in [-0.2, -0.15) is 0 Å². The van der Waals surface area contributed by atoms with E-state index in [9.17, 15) is 9.90 Å². The van der Waals surface area contributed by atoms with E-state index in [1.54, 1.807) is 0 Å². The molecule has 1 N–H and O–H groups in total. The molecule has 0 spiro atoms. The van der Waals surface area contributed by atoms with Gasteiger partial charge in [-0.15, -0.1) is 0 Å². The Balaban J connectivity index is 2.19. The molecule has 3 heteroatoms. The van der Waals surface area contributed by atoms with Crippen molar-refractivity contribution in [2.24, 2.45) is 5.92 Å². The number of carbonyl (C=O) groups is 1. The second kappa shape index (κ2) is 5.47. The van der Waals surface area contributed by atoms with Crippen molar-refractivity contribution in [3.8, 4) is 0 Å². The van der Waals surface area contributed by atoms with Crippen LogP contribution in [0.5, 0.6) is 0 Å². The summed E-state index contributed by atoms with van der Waals surface area (Å²) < 4.78 is 5.41. The van der Waals surface area contributed by atoms with Crippen molar-refractivity contribution in [3.05, 3.63) is 0 Å². The highest BCUT2D eigenvalue weighted by atomic mass is 16.5. The largest absolute Gasteiger partial charge is 0.385 e. The minimum Gasteiger partial charge on any atom is -0.385 e. The average molecular weight is 200 g/mol. The van der Waals surface area contributed by atoms with Crippen LogP contribution in [0.3, 0.4) is 0 Å². The van der Waals surface area contributed by atoms with Crippen LogP contribution in [0.2, 0.25) is 0 Å². The van der Waals surface area contributed by atoms with Crippen LogP contribution in [0.1, 0.15) is 39.5 Å². The quantitative estimate of drug-likeness (QED) is 0.732. The summed E-state index contributed by atoms with van der Waals surface area (Å²) in [5, 5.41) is 9.48. The number of rotatable bonds is 5. The standard InChI is InChI=1S/C11H20O3/c1-8(2)11(13)10(12)6-5-9-4-3-7-14-9/h8-9,11,13H,3-7H2,1-2H3. The summed E-state index contributed by atoms with van der Waals surface area (Å²) in [6, 6.07) is 0. The lowest BCUT2D eigenvalue weighted by Gasteiger charge is -2.14. The maximum atomic E-state index is 11.4. The second-order valence-electron chi connectivity index (χ2n) is 4.33. The summed E-state index contributed by atoms with van der Waals surface area (Å²) in [4.78, 5) is 11.4. The second-order valence-corrected chi connectivity index (χ2v) is 4.33. The van der Waals surface area contributed by atoms with Crippen LogP contribution in [-0.2, 0) is 9.53 Å². The molecule has 1 heterocycles. The molecule has 0 radical (unpaired) electrons. The molecular weight excluding hydrogens is 180 g/mol. The number of hydrogen-bond acceptors (Lipinski definition) is 3. The first-order valence-corrected chi connectivity index (χ1v) is 5.43. The molecule has 1 fully saturated rings. The van der Waals surface area contributed by atoms with E-state index in [2.05, 4.69) is 0 Å². The first kappa shape index (κ1) is 11.7. The number of ketones is 1. The molecule has 1 rings (SSSR count). The lowest BCUT2D eigenvalue weighted by Crippen LogP contribution is -2.26. The summed E-state index contributed by atoms with van der Waals surface area (Å²) in [5.41, 5.74) is 0. The van der Waals surface area contributed by atoms with Crippen LogP contribution in [0, 0.1) is 5.92 Å². The van der Waals surface area contributed by atoms with Gasteiger partial charge >= 0.3 is 0 Å². The highest BCUT2D eigenvalue weighted by molar-refractivity contribution is 5.83. The van der Waals surface area contributed by atoms with Gasteiger partial charge in [0.25, 0.3) is 0 Å². The van der Waals surface area contributed by atoms with Gasteiger partial charge < -0.3 is 9.84 Å². The third-order valence-corrected chi connectivity index (χ3v) is 2.70. The van der Waals surface area contributed by atoms with E-state index in [1.807, 2.05) is 13.8 Å². The summed E-state index contributed by atoms with van der Waals surface area (Å²) in [5.74, 6) is -0.0255. The van der Waals surface area contributed by atoms with E-state index < -0.39 is 6.10 Å². The molecule has 0 aromatic rings. The lowest BCUT2D eigenvalue weighted by atomic mass is 9.98. The van der Waals surface area contributed by atoms with E-state index in [0.29, 0.717) is 6.42 Å². The third-order valence-electron chi connectivity index (χ3n) is 2.70. The number of ether oxygens (including phenoxy) is 1. The minimum absolute atomic E-state index is 0.0204. The van der Waals surface area contributed by atoms with Crippen LogP contribution < -0.4 is 0 Å². The topological polar surface area (TPSA) is 46.5 Å². The molecule has 0 aliphatic carbocycles. The van der Waals surface area contributed by atoms with Crippen molar-refractivity contribution >= 4 is 5.78 Å².